The highest BCUT2D eigenvalue weighted by Gasteiger charge is 2.87. The molecule has 0 amide bonds. The van der Waals surface area contributed by atoms with Crippen LogP contribution in [0.3, 0.4) is 0 Å². The van der Waals surface area contributed by atoms with Crippen LogP contribution in [0.15, 0.2) is 78.9 Å². The Labute approximate surface area is 375 Å². The van der Waals surface area contributed by atoms with Gasteiger partial charge in [-0.1, -0.05) is 68.4 Å². The zero-order valence-corrected chi connectivity index (χ0v) is 38.3. The lowest BCUT2D eigenvalue weighted by molar-refractivity contribution is -0.283. The van der Waals surface area contributed by atoms with E-state index < -0.39 is 45.4 Å². The van der Waals surface area contributed by atoms with Gasteiger partial charge in [0.15, 0.2) is 5.60 Å². The largest absolute Gasteiger partial charge is 0.497 e. The lowest BCUT2D eigenvalue weighted by atomic mass is 9.40. The molecular weight excluding hydrogens is 814 g/mol. The van der Waals surface area contributed by atoms with Crippen molar-refractivity contribution in [3.63, 3.8) is 0 Å². The molecule has 3 aliphatic heterocycles. The molecule has 5 fully saturated rings. The lowest BCUT2D eigenvalue weighted by Crippen LogP contribution is -2.76. The predicted octanol–water partition coefficient (Wildman–Crippen LogP) is 9.43. The molecule has 0 bridgehead atoms. The van der Waals surface area contributed by atoms with Crippen LogP contribution >= 0.6 is 11.6 Å². The highest BCUT2D eigenvalue weighted by Crippen LogP contribution is 2.78. The topological polar surface area (TPSA) is 104 Å². The molecule has 332 valence electrons. The summed E-state index contributed by atoms with van der Waals surface area (Å²) in [5, 5.41) is 29.3. The smallest absolute Gasteiger partial charge is 0.153 e. The van der Waals surface area contributed by atoms with Crippen molar-refractivity contribution in [2.45, 2.75) is 145 Å². The fourth-order valence-electron chi connectivity index (χ4n) is 15.4. The molecule has 63 heavy (non-hydrogen) atoms. The Morgan fingerprint density at radius 1 is 0.952 bits per heavy atom. The molecular formula is C53H60ClNO8. The normalized spacial score (nSPS) is 40.7. The zero-order chi connectivity index (χ0) is 44.0. The number of aliphatic hydroxyl groups is 2. The molecule has 5 aliphatic carbocycles. The molecule has 4 aromatic rings. The third-order valence-electron chi connectivity index (χ3n) is 18.5. The molecule has 1 spiro atoms. The van der Waals surface area contributed by atoms with Gasteiger partial charge in [0.05, 0.1) is 44.2 Å². The minimum atomic E-state index is -1.30. The average Bonchev–Trinajstić information content (AvgIpc) is 3.87. The number of hydrogen-bond donors (Lipinski definition) is 2. The maximum atomic E-state index is 14.1. The van der Waals surface area contributed by atoms with E-state index in [1.165, 1.54) is 0 Å². The predicted molar refractivity (Wildman–Crippen MR) is 240 cm³/mol. The fraction of sp³-hybridized carbons (Fsp3) is 0.547. The molecule has 0 radical (unpaired) electrons. The second-order valence-corrected chi connectivity index (χ2v) is 21.8. The first-order valence-corrected chi connectivity index (χ1v) is 23.4. The Bertz CT molecular complexity index is 2670. The van der Waals surface area contributed by atoms with Crippen molar-refractivity contribution in [3.8, 4) is 11.5 Å². The molecule has 8 aliphatic rings. The van der Waals surface area contributed by atoms with Crippen molar-refractivity contribution in [2.75, 3.05) is 14.2 Å². The van der Waals surface area contributed by atoms with E-state index in [2.05, 4.69) is 63.6 Å². The van der Waals surface area contributed by atoms with Crippen LogP contribution in [0.4, 0.5) is 0 Å². The Hall–Kier alpha value is -3.67. The van der Waals surface area contributed by atoms with E-state index in [1.54, 1.807) is 14.2 Å². The Balaban J connectivity index is 1.05. The minimum Gasteiger partial charge on any atom is -0.497 e. The summed E-state index contributed by atoms with van der Waals surface area (Å²) in [6.07, 6.45) is 2.23. The summed E-state index contributed by atoms with van der Waals surface area (Å²) < 4.78 is 42.4. The quantitative estimate of drug-likeness (QED) is 0.133. The maximum absolute atomic E-state index is 14.1. The number of hydrogen-bond acceptors (Lipinski definition) is 8. The molecule has 2 N–H and O–H groups in total. The first-order chi connectivity index (χ1) is 30.0. The molecule has 10 heteroatoms. The van der Waals surface area contributed by atoms with Gasteiger partial charge >= 0.3 is 0 Å². The monoisotopic (exact) mass is 873 g/mol. The Kier molecular flexibility index (Phi) is 8.44. The van der Waals surface area contributed by atoms with Gasteiger partial charge < -0.3 is 43.2 Å². The lowest BCUT2D eigenvalue weighted by Gasteiger charge is -2.67. The zero-order valence-electron chi connectivity index (χ0n) is 37.6. The second kappa shape index (κ2) is 13.0. The van der Waals surface area contributed by atoms with Crippen LogP contribution in [0.2, 0.25) is 5.02 Å². The molecule has 2 saturated heterocycles. The van der Waals surface area contributed by atoms with Crippen LogP contribution in [-0.2, 0) is 49.5 Å². The third-order valence-corrected chi connectivity index (χ3v) is 18.8. The van der Waals surface area contributed by atoms with E-state index in [0.717, 1.165) is 73.5 Å². The number of rotatable bonds is 8. The highest BCUT2D eigenvalue weighted by molar-refractivity contribution is 6.32. The molecule has 12 rings (SSSR count). The Morgan fingerprint density at radius 3 is 2.38 bits per heavy atom. The Morgan fingerprint density at radius 2 is 1.67 bits per heavy atom. The third kappa shape index (κ3) is 4.80. The number of nitrogens with zero attached hydrogens (tertiary/aromatic N) is 1. The van der Waals surface area contributed by atoms with E-state index in [9.17, 15) is 10.2 Å². The molecule has 3 aromatic carbocycles. The summed E-state index contributed by atoms with van der Waals surface area (Å²) in [6, 6.07) is 18.3. The molecule has 3 saturated carbocycles. The molecule has 4 heterocycles. The van der Waals surface area contributed by atoms with Gasteiger partial charge in [-0.25, -0.2) is 0 Å². The summed E-state index contributed by atoms with van der Waals surface area (Å²) in [6.45, 7) is 20.8. The van der Waals surface area contributed by atoms with Crippen molar-refractivity contribution in [1.82, 2.24) is 4.57 Å². The van der Waals surface area contributed by atoms with E-state index in [4.69, 9.17) is 40.0 Å². The van der Waals surface area contributed by atoms with Crippen LogP contribution in [0, 0.1) is 23.2 Å². The number of epoxide rings is 1. The maximum Gasteiger partial charge on any atom is 0.153 e. The summed E-state index contributed by atoms with van der Waals surface area (Å²) in [5.41, 5.74) is 3.75. The van der Waals surface area contributed by atoms with Crippen molar-refractivity contribution in [3.05, 3.63) is 117 Å². The first-order valence-electron chi connectivity index (χ1n) is 23.0. The van der Waals surface area contributed by atoms with Gasteiger partial charge in [-0.05, 0) is 117 Å². The van der Waals surface area contributed by atoms with Gasteiger partial charge in [0.2, 0.25) is 0 Å². The average molecular weight is 875 g/mol. The van der Waals surface area contributed by atoms with Crippen LogP contribution in [0.5, 0.6) is 11.5 Å². The summed E-state index contributed by atoms with van der Waals surface area (Å²) >= 11 is 7.45. The van der Waals surface area contributed by atoms with Crippen molar-refractivity contribution in [1.29, 1.82) is 0 Å². The number of benzene rings is 3. The summed E-state index contributed by atoms with van der Waals surface area (Å²) in [7, 11) is 3.37. The van der Waals surface area contributed by atoms with Crippen LogP contribution in [0.1, 0.15) is 106 Å². The van der Waals surface area contributed by atoms with Crippen molar-refractivity contribution < 1.29 is 38.6 Å². The number of methoxy groups -OCH3 is 2. The highest BCUT2D eigenvalue weighted by atomic mass is 35.5. The summed E-state index contributed by atoms with van der Waals surface area (Å²) in [5.74, 6) is 1.35. The van der Waals surface area contributed by atoms with Gasteiger partial charge in [-0.15, -0.1) is 0 Å². The van der Waals surface area contributed by atoms with Gasteiger partial charge in [0.1, 0.15) is 41.0 Å². The number of fused-ring (bicyclic) bond motifs is 5. The van der Waals surface area contributed by atoms with E-state index in [1.807, 2.05) is 43.3 Å². The van der Waals surface area contributed by atoms with Gasteiger partial charge in [-0.3, -0.25) is 0 Å². The molecule has 1 aromatic heterocycles. The standard InChI is InChI=1S/C53H60ClNO8/c1-27(2)43-45(60-26-30-13-11-15-32(22-30)59-9)47-53(63-47)39(61-43)17-18-49(6)50(7)34(16-19-51(49,53)56)44-41-40-37(55(46(41)50)25-29-12-10-14-31(21-29)58-8)24-36(54)33-20-28(3)35-23-38(48(4,5)62-44)52(35,57)42(33)40/h10-15,21-22,24,34-35,38-39,43-45,47,56-57H,1,3,16-20,23,25-26H2,2,4-9H3/t34-,35+,38-,39-,43+,44-,45-,47+,49+,50+,51-,52+,53-/m0/s1. The summed E-state index contributed by atoms with van der Waals surface area (Å²) in [4.78, 5) is 0. The van der Waals surface area contributed by atoms with E-state index >= 15 is 0 Å². The van der Waals surface area contributed by atoms with Gasteiger partial charge in [0, 0.05) is 56.8 Å². The van der Waals surface area contributed by atoms with Crippen molar-refractivity contribution in [2.24, 2.45) is 23.2 Å². The van der Waals surface area contributed by atoms with Crippen LogP contribution in [0.25, 0.3) is 10.9 Å². The number of ether oxygens (including phenoxy) is 6. The number of halogens is 1. The minimum absolute atomic E-state index is 0.0258. The first kappa shape index (κ1) is 40.8. The molecule has 9 nitrogen and oxygen atoms in total. The fourth-order valence-corrected chi connectivity index (χ4v) is 15.6. The molecule has 0 unspecified atom stereocenters. The number of aromatic nitrogens is 1. The van der Waals surface area contributed by atoms with E-state index in [0.29, 0.717) is 50.3 Å². The van der Waals surface area contributed by atoms with Gasteiger partial charge in [0.25, 0.3) is 0 Å². The van der Waals surface area contributed by atoms with Crippen LogP contribution in [-0.4, -0.2) is 70.2 Å². The second-order valence-electron chi connectivity index (χ2n) is 21.4. The van der Waals surface area contributed by atoms with E-state index in [-0.39, 0.29) is 36.1 Å². The van der Waals surface area contributed by atoms with Crippen molar-refractivity contribution >= 4 is 22.5 Å². The van der Waals surface area contributed by atoms with Crippen LogP contribution < -0.4 is 9.47 Å². The SMILES string of the molecule is C=C(C)[C@H]1O[C@H]2CC[C@@]3(C)[C@@](O)(CC[C@H]4[C@@H]5OC(C)(C)[C@@H]6C[C@@H]7C(=C)Cc8c(Cl)cc9c(c5c(n9Cc5cccc(OC)c5)[C@@]43C)c8[C@@]76O)[C@]23O[C@@H]3[C@H]1OCc1cccc(OC)c1. The van der Waals surface area contributed by atoms with Gasteiger partial charge in [-0.2, -0.15) is 0 Å². The molecule has 13 atom stereocenters.